The number of piperazine rings is 1. The van der Waals surface area contributed by atoms with Crippen molar-refractivity contribution in [3.63, 3.8) is 0 Å². The zero-order valence-corrected chi connectivity index (χ0v) is 13.7. The minimum atomic E-state index is -0.0881. The number of carbonyl (C=O) groups is 1. The molecule has 1 amide bonds. The van der Waals surface area contributed by atoms with Crippen molar-refractivity contribution in [2.45, 2.75) is 13.0 Å². The molecule has 23 heavy (non-hydrogen) atoms. The fourth-order valence-corrected chi connectivity index (χ4v) is 2.96. The molecule has 1 saturated heterocycles. The number of methoxy groups -OCH3 is 1. The van der Waals surface area contributed by atoms with Crippen LogP contribution in [0.25, 0.3) is 0 Å². The normalized spacial score (nSPS) is 18.9. The quantitative estimate of drug-likeness (QED) is 0.868. The molecule has 1 aliphatic heterocycles. The summed E-state index contributed by atoms with van der Waals surface area (Å²) in [5.74, 6) is 1.40. The maximum Gasteiger partial charge on any atom is 0.276 e. The third-order valence-corrected chi connectivity index (χ3v) is 4.28. The van der Waals surface area contributed by atoms with Crippen LogP contribution in [0.4, 0.5) is 0 Å². The summed E-state index contributed by atoms with van der Waals surface area (Å²) < 4.78 is 10.5. The highest BCUT2D eigenvalue weighted by molar-refractivity contribution is 5.92. The molecule has 6 nitrogen and oxygen atoms in total. The topological polar surface area (TPSA) is 58.8 Å². The minimum Gasteiger partial charge on any atom is -0.496 e. The molecule has 0 radical (unpaired) electrons. The standard InChI is InChI=1S/C17H21N3O3/c1-12-10-14(18-23-12)17(21)20-9-8-19(2)15(11-20)13-6-4-5-7-16(13)22-3/h4-7,10,15H,8-9,11H2,1-3H3/t15-/m0/s1. The van der Waals surface area contributed by atoms with E-state index in [0.29, 0.717) is 24.5 Å². The van der Waals surface area contributed by atoms with Gasteiger partial charge in [-0.15, -0.1) is 0 Å². The molecule has 0 aliphatic carbocycles. The van der Waals surface area contributed by atoms with Crippen LogP contribution in [-0.2, 0) is 0 Å². The smallest absolute Gasteiger partial charge is 0.276 e. The molecule has 1 aliphatic rings. The summed E-state index contributed by atoms with van der Waals surface area (Å²) in [7, 11) is 3.74. The number of nitrogens with zero attached hydrogens (tertiary/aromatic N) is 3. The number of rotatable bonds is 3. The van der Waals surface area contributed by atoms with Gasteiger partial charge in [0.2, 0.25) is 0 Å². The van der Waals surface area contributed by atoms with Crippen LogP contribution < -0.4 is 4.74 Å². The number of hydrogen-bond donors (Lipinski definition) is 0. The van der Waals surface area contributed by atoms with Crippen LogP contribution in [0.5, 0.6) is 5.75 Å². The van der Waals surface area contributed by atoms with Crippen LogP contribution in [0.15, 0.2) is 34.9 Å². The van der Waals surface area contributed by atoms with Crippen LogP contribution in [0.2, 0.25) is 0 Å². The van der Waals surface area contributed by atoms with Gasteiger partial charge in [0.25, 0.3) is 5.91 Å². The molecule has 1 aromatic heterocycles. The molecule has 1 atom stereocenters. The van der Waals surface area contributed by atoms with Crippen LogP contribution >= 0.6 is 0 Å². The van der Waals surface area contributed by atoms with Crippen molar-refractivity contribution in [1.29, 1.82) is 0 Å². The lowest BCUT2D eigenvalue weighted by atomic mass is 10.0. The van der Waals surface area contributed by atoms with Crippen LogP contribution in [0.1, 0.15) is 27.9 Å². The molecule has 1 aromatic carbocycles. The second kappa shape index (κ2) is 6.42. The molecule has 0 spiro atoms. The van der Waals surface area contributed by atoms with Gasteiger partial charge in [-0.1, -0.05) is 23.4 Å². The van der Waals surface area contributed by atoms with Crippen molar-refractivity contribution in [3.05, 3.63) is 47.3 Å². The lowest BCUT2D eigenvalue weighted by molar-refractivity contribution is 0.0533. The van der Waals surface area contributed by atoms with E-state index >= 15 is 0 Å². The first-order valence-electron chi connectivity index (χ1n) is 7.66. The van der Waals surface area contributed by atoms with E-state index in [1.54, 1.807) is 20.1 Å². The third kappa shape index (κ3) is 3.07. The lowest BCUT2D eigenvalue weighted by Crippen LogP contribution is -2.49. The second-order valence-electron chi connectivity index (χ2n) is 5.81. The number of ether oxygens (including phenoxy) is 1. The van der Waals surface area contributed by atoms with Crippen molar-refractivity contribution >= 4 is 5.91 Å². The molecule has 0 saturated carbocycles. The molecular formula is C17H21N3O3. The van der Waals surface area contributed by atoms with Gasteiger partial charge in [-0.3, -0.25) is 9.69 Å². The van der Waals surface area contributed by atoms with Gasteiger partial charge in [0.15, 0.2) is 5.69 Å². The fraction of sp³-hybridized carbons (Fsp3) is 0.412. The van der Waals surface area contributed by atoms with E-state index < -0.39 is 0 Å². The van der Waals surface area contributed by atoms with Gasteiger partial charge in [-0.25, -0.2) is 0 Å². The number of hydrogen-bond acceptors (Lipinski definition) is 5. The predicted octanol–water partition coefficient (Wildman–Crippen LogP) is 2.12. The molecule has 0 bridgehead atoms. The number of aryl methyl sites for hydroxylation is 1. The molecule has 6 heteroatoms. The van der Waals surface area contributed by atoms with Gasteiger partial charge >= 0.3 is 0 Å². The van der Waals surface area contributed by atoms with Crippen LogP contribution in [0.3, 0.4) is 0 Å². The average Bonchev–Trinajstić information content (AvgIpc) is 3.01. The molecule has 2 aromatic rings. The Bertz CT molecular complexity index is 698. The van der Waals surface area contributed by atoms with Gasteiger partial charge in [0.1, 0.15) is 11.5 Å². The molecule has 1 fully saturated rings. The van der Waals surface area contributed by atoms with Gasteiger partial charge in [0.05, 0.1) is 13.2 Å². The number of benzene rings is 1. The summed E-state index contributed by atoms with van der Waals surface area (Å²) in [4.78, 5) is 16.7. The van der Waals surface area contributed by atoms with Crippen LogP contribution in [0, 0.1) is 6.92 Å². The Morgan fingerprint density at radius 2 is 2.13 bits per heavy atom. The van der Waals surface area contributed by atoms with Crippen molar-refractivity contribution in [3.8, 4) is 5.75 Å². The van der Waals surface area contributed by atoms with Crippen molar-refractivity contribution in [1.82, 2.24) is 15.0 Å². The summed E-state index contributed by atoms with van der Waals surface area (Å²) in [6.45, 7) is 3.85. The minimum absolute atomic E-state index is 0.0881. The van der Waals surface area contributed by atoms with E-state index in [9.17, 15) is 4.79 Å². The lowest BCUT2D eigenvalue weighted by Gasteiger charge is -2.39. The fourth-order valence-electron chi connectivity index (χ4n) is 2.96. The second-order valence-corrected chi connectivity index (χ2v) is 5.81. The SMILES string of the molecule is COc1ccccc1[C@@H]1CN(C(=O)c2cc(C)on2)CCN1C. The molecular weight excluding hydrogens is 294 g/mol. The Morgan fingerprint density at radius 3 is 2.83 bits per heavy atom. The van der Waals surface area contributed by atoms with Gasteiger partial charge < -0.3 is 14.2 Å². The number of likely N-dealkylation sites (N-methyl/N-ethyl adjacent to an activating group) is 1. The van der Waals surface area contributed by atoms with E-state index in [1.807, 2.05) is 29.2 Å². The summed E-state index contributed by atoms with van der Waals surface area (Å²) in [5, 5.41) is 3.84. The zero-order chi connectivity index (χ0) is 16.4. The maximum atomic E-state index is 12.6. The first kappa shape index (κ1) is 15.6. The summed E-state index contributed by atoms with van der Waals surface area (Å²) >= 11 is 0. The number of carbonyl (C=O) groups excluding carboxylic acids is 1. The van der Waals surface area contributed by atoms with E-state index in [0.717, 1.165) is 17.9 Å². The summed E-state index contributed by atoms with van der Waals surface area (Å²) in [6, 6.07) is 9.72. The first-order valence-corrected chi connectivity index (χ1v) is 7.66. The summed E-state index contributed by atoms with van der Waals surface area (Å²) in [6.07, 6.45) is 0. The predicted molar refractivity (Wildman–Crippen MR) is 85.5 cm³/mol. The maximum absolute atomic E-state index is 12.6. The Balaban J connectivity index is 1.83. The monoisotopic (exact) mass is 315 g/mol. The van der Waals surface area contributed by atoms with Gasteiger partial charge in [-0.05, 0) is 20.0 Å². The Labute approximate surface area is 135 Å². The third-order valence-electron chi connectivity index (χ3n) is 4.28. The molecule has 0 unspecified atom stereocenters. The molecule has 2 heterocycles. The van der Waals surface area contributed by atoms with Gasteiger partial charge in [-0.2, -0.15) is 0 Å². The van der Waals surface area contributed by atoms with E-state index in [4.69, 9.17) is 9.26 Å². The Hall–Kier alpha value is -2.34. The molecule has 0 N–H and O–H groups in total. The highest BCUT2D eigenvalue weighted by atomic mass is 16.5. The Kier molecular flexibility index (Phi) is 4.34. The van der Waals surface area contributed by atoms with E-state index in [-0.39, 0.29) is 11.9 Å². The molecule has 3 rings (SSSR count). The van der Waals surface area contributed by atoms with Crippen molar-refractivity contribution in [2.75, 3.05) is 33.8 Å². The van der Waals surface area contributed by atoms with Crippen LogP contribution in [-0.4, -0.2) is 54.7 Å². The Morgan fingerprint density at radius 1 is 1.35 bits per heavy atom. The highest BCUT2D eigenvalue weighted by Gasteiger charge is 2.31. The van der Waals surface area contributed by atoms with Crippen molar-refractivity contribution in [2.24, 2.45) is 0 Å². The number of para-hydroxylation sites is 1. The zero-order valence-electron chi connectivity index (χ0n) is 13.7. The number of amides is 1. The largest absolute Gasteiger partial charge is 0.496 e. The number of aromatic nitrogens is 1. The van der Waals surface area contributed by atoms with E-state index in [1.165, 1.54) is 0 Å². The highest BCUT2D eigenvalue weighted by Crippen LogP contribution is 2.31. The summed E-state index contributed by atoms with van der Waals surface area (Å²) in [5.41, 5.74) is 1.46. The van der Waals surface area contributed by atoms with Gasteiger partial charge in [0, 0.05) is 31.3 Å². The van der Waals surface area contributed by atoms with E-state index in [2.05, 4.69) is 17.1 Å². The van der Waals surface area contributed by atoms with Crippen molar-refractivity contribution < 1.29 is 14.1 Å². The first-order chi connectivity index (χ1) is 11.1. The molecule has 122 valence electrons. The average molecular weight is 315 g/mol.